The lowest BCUT2D eigenvalue weighted by atomic mass is 10.1. The van der Waals surface area contributed by atoms with Gasteiger partial charge in [-0.05, 0) is 24.6 Å². The van der Waals surface area contributed by atoms with Crippen molar-refractivity contribution in [3.05, 3.63) is 34.3 Å². The van der Waals surface area contributed by atoms with Crippen molar-refractivity contribution >= 4 is 15.9 Å². The predicted octanol–water partition coefficient (Wildman–Crippen LogP) is 1.45. The van der Waals surface area contributed by atoms with E-state index in [1.165, 1.54) is 0 Å². The molecular formula is C11H16BrNO2. The summed E-state index contributed by atoms with van der Waals surface area (Å²) in [7, 11) is 0. The molecule has 0 fully saturated rings. The molecule has 0 amide bonds. The molecule has 0 saturated heterocycles. The van der Waals surface area contributed by atoms with Gasteiger partial charge in [-0.3, -0.25) is 0 Å². The van der Waals surface area contributed by atoms with Crippen molar-refractivity contribution in [2.24, 2.45) is 0 Å². The molecule has 3 nitrogen and oxygen atoms in total. The Morgan fingerprint density at radius 2 is 2.20 bits per heavy atom. The van der Waals surface area contributed by atoms with Crippen molar-refractivity contribution in [1.82, 2.24) is 5.32 Å². The number of hydrogen-bond donors (Lipinski definition) is 3. The number of rotatable bonds is 5. The van der Waals surface area contributed by atoms with Gasteiger partial charge in [0.25, 0.3) is 0 Å². The molecule has 3 N–H and O–H groups in total. The van der Waals surface area contributed by atoms with Crippen LogP contribution in [0.4, 0.5) is 0 Å². The Hall–Kier alpha value is -0.420. The van der Waals surface area contributed by atoms with Crippen molar-refractivity contribution in [1.29, 1.82) is 0 Å². The van der Waals surface area contributed by atoms with Crippen molar-refractivity contribution in [2.75, 3.05) is 13.2 Å². The molecular weight excluding hydrogens is 258 g/mol. The van der Waals surface area contributed by atoms with E-state index in [4.69, 9.17) is 5.11 Å². The fourth-order valence-electron chi connectivity index (χ4n) is 1.27. The average Bonchev–Trinajstić information content (AvgIpc) is 2.25. The molecule has 0 spiro atoms. The molecule has 0 bridgehead atoms. The largest absolute Gasteiger partial charge is 0.394 e. The summed E-state index contributed by atoms with van der Waals surface area (Å²) in [6, 6.07) is 8.15. The molecule has 0 radical (unpaired) electrons. The molecule has 1 rings (SSSR count). The van der Waals surface area contributed by atoms with E-state index >= 15 is 0 Å². The second-order valence-electron chi connectivity index (χ2n) is 3.52. The van der Waals surface area contributed by atoms with Gasteiger partial charge in [-0.2, -0.15) is 0 Å². The van der Waals surface area contributed by atoms with Gasteiger partial charge in [-0.25, -0.2) is 0 Å². The normalized spacial score (nSPS) is 14.9. The van der Waals surface area contributed by atoms with Gasteiger partial charge in [-0.1, -0.05) is 28.1 Å². The first-order valence-corrected chi connectivity index (χ1v) is 5.70. The molecule has 1 aromatic rings. The van der Waals surface area contributed by atoms with Crippen molar-refractivity contribution in [3.8, 4) is 0 Å². The summed E-state index contributed by atoms with van der Waals surface area (Å²) < 4.78 is 1.04. The second-order valence-corrected chi connectivity index (χ2v) is 4.44. The minimum absolute atomic E-state index is 0.156. The Morgan fingerprint density at radius 3 is 2.80 bits per heavy atom. The SMILES string of the molecule is C[C@H](NC[C@H](O)CO)c1cccc(Br)c1. The smallest absolute Gasteiger partial charge is 0.0895 e. The highest BCUT2D eigenvalue weighted by Crippen LogP contribution is 2.17. The van der Waals surface area contributed by atoms with Crippen molar-refractivity contribution in [3.63, 3.8) is 0 Å². The van der Waals surface area contributed by atoms with E-state index < -0.39 is 6.10 Å². The first kappa shape index (κ1) is 12.6. The fraction of sp³-hybridized carbons (Fsp3) is 0.455. The predicted molar refractivity (Wildman–Crippen MR) is 63.7 cm³/mol. The summed E-state index contributed by atoms with van der Waals surface area (Å²) in [5, 5.41) is 21.0. The van der Waals surface area contributed by atoms with Crippen LogP contribution in [-0.2, 0) is 0 Å². The molecule has 2 atom stereocenters. The third-order valence-corrected chi connectivity index (χ3v) is 2.71. The minimum Gasteiger partial charge on any atom is -0.394 e. The molecule has 0 aliphatic carbocycles. The molecule has 0 unspecified atom stereocenters. The number of hydrogen-bond acceptors (Lipinski definition) is 3. The van der Waals surface area contributed by atoms with Crippen molar-refractivity contribution < 1.29 is 10.2 Å². The summed E-state index contributed by atoms with van der Waals surface area (Å²) >= 11 is 3.41. The molecule has 0 aliphatic heterocycles. The third-order valence-electron chi connectivity index (χ3n) is 2.22. The summed E-state index contributed by atoms with van der Waals surface area (Å²) in [4.78, 5) is 0. The molecule has 15 heavy (non-hydrogen) atoms. The van der Waals surface area contributed by atoms with Crippen LogP contribution >= 0.6 is 15.9 Å². The van der Waals surface area contributed by atoms with E-state index in [1.54, 1.807) is 0 Å². The van der Waals surface area contributed by atoms with Crippen LogP contribution in [0.15, 0.2) is 28.7 Å². The van der Waals surface area contributed by atoms with Crippen LogP contribution < -0.4 is 5.32 Å². The van der Waals surface area contributed by atoms with E-state index in [2.05, 4.69) is 21.2 Å². The lowest BCUT2D eigenvalue weighted by Crippen LogP contribution is -2.31. The monoisotopic (exact) mass is 273 g/mol. The van der Waals surface area contributed by atoms with Crippen LogP contribution in [-0.4, -0.2) is 29.5 Å². The number of nitrogens with one attached hydrogen (secondary N) is 1. The zero-order chi connectivity index (χ0) is 11.3. The first-order chi connectivity index (χ1) is 7.13. The quantitative estimate of drug-likeness (QED) is 0.761. The molecule has 0 aromatic heterocycles. The number of aliphatic hydroxyl groups excluding tert-OH is 2. The highest BCUT2D eigenvalue weighted by atomic mass is 79.9. The zero-order valence-electron chi connectivity index (χ0n) is 8.65. The number of benzene rings is 1. The van der Waals surface area contributed by atoms with Gasteiger partial charge in [0.15, 0.2) is 0 Å². The first-order valence-electron chi connectivity index (χ1n) is 4.91. The van der Waals surface area contributed by atoms with Crippen LogP contribution in [0.3, 0.4) is 0 Å². The molecule has 1 aromatic carbocycles. The molecule has 84 valence electrons. The van der Waals surface area contributed by atoms with Crippen LogP contribution in [0, 0.1) is 0 Å². The van der Waals surface area contributed by atoms with E-state index in [9.17, 15) is 5.11 Å². The lowest BCUT2D eigenvalue weighted by Gasteiger charge is -2.16. The maximum absolute atomic E-state index is 9.19. The zero-order valence-corrected chi connectivity index (χ0v) is 10.2. The third kappa shape index (κ3) is 4.30. The maximum Gasteiger partial charge on any atom is 0.0895 e. The lowest BCUT2D eigenvalue weighted by molar-refractivity contribution is 0.0924. The highest BCUT2D eigenvalue weighted by Gasteiger charge is 2.07. The number of halogens is 1. The van der Waals surface area contributed by atoms with Crippen LogP contribution in [0.5, 0.6) is 0 Å². The van der Waals surface area contributed by atoms with Gasteiger partial charge in [0.2, 0.25) is 0 Å². The Labute approximate surface area is 98.3 Å². The Balaban J connectivity index is 2.50. The molecule has 0 heterocycles. The Bertz CT molecular complexity index is 306. The maximum atomic E-state index is 9.19. The van der Waals surface area contributed by atoms with Gasteiger partial charge in [0.05, 0.1) is 12.7 Å². The van der Waals surface area contributed by atoms with Gasteiger partial charge in [0, 0.05) is 17.1 Å². The summed E-state index contributed by atoms with van der Waals surface area (Å²) in [6.07, 6.45) is -0.695. The average molecular weight is 274 g/mol. The van der Waals surface area contributed by atoms with Gasteiger partial charge < -0.3 is 15.5 Å². The highest BCUT2D eigenvalue weighted by molar-refractivity contribution is 9.10. The topological polar surface area (TPSA) is 52.5 Å². The van der Waals surface area contributed by atoms with Gasteiger partial charge >= 0.3 is 0 Å². The Morgan fingerprint density at radius 1 is 1.47 bits per heavy atom. The van der Waals surface area contributed by atoms with Gasteiger partial charge in [0.1, 0.15) is 0 Å². The van der Waals surface area contributed by atoms with Gasteiger partial charge in [-0.15, -0.1) is 0 Å². The van der Waals surface area contributed by atoms with E-state index in [-0.39, 0.29) is 12.6 Å². The van der Waals surface area contributed by atoms with E-state index in [0.29, 0.717) is 6.54 Å². The van der Waals surface area contributed by atoms with Crippen LogP contribution in [0.1, 0.15) is 18.5 Å². The van der Waals surface area contributed by atoms with Crippen LogP contribution in [0.2, 0.25) is 0 Å². The molecule has 0 saturated carbocycles. The summed E-state index contributed by atoms with van der Waals surface area (Å²) in [5.41, 5.74) is 1.15. The summed E-state index contributed by atoms with van der Waals surface area (Å²) in [5.74, 6) is 0. The fourth-order valence-corrected chi connectivity index (χ4v) is 1.69. The minimum atomic E-state index is -0.695. The molecule has 4 heteroatoms. The number of aliphatic hydroxyl groups is 2. The van der Waals surface area contributed by atoms with Crippen LogP contribution in [0.25, 0.3) is 0 Å². The Kier molecular flexibility index (Phi) is 5.25. The second kappa shape index (κ2) is 6.23. The summed E-state index contributed by atoms with van der Waals surface area (Å²) in [6.45, 7) is 2.20. The standard InChI is InChI=1S/C11H16BrNO2/c1-8(13-6-11(15)7-14)9-3-2-4-10(12)5-9/h2-5,8,11,13-15H,6-7H2,1H3/t8-,11-/m0/s1. The van der Waals surface area contributed by atoms with E-state index in [0.717, 1.165) is 10.0 Å². The van der Waals surface area contributed by atoms with Crippen molar-refractivity contribution in [2.45, 2.75) is 19.1 Å². The van der Waals surface area contributed by atoms with E-state index in [1.807, 2.05) is 31.2 Å². The molecule has 0 aliphatic rings.